The average molecular weight is 313 g/mol. The maximum Gasteiger partial charge on any atom is 0.161 e. The predicted molar refractivity (Wildman–Crippen MR) is 90.0 cm³/mol. The fourth-order valence-electron chi connectivity index (χ4n) is 3.35. The van der Waals surface area contributed by atoms with Crippen LogP contribution in [0.1, 0.15) is 28.8 Å². The van der Waals surface area contributed by atoms with Crippen LogP contribution >= 0.6 is 0 Å². The molecule has 3 rings (SSSR count). The van der Waals surface area contributed by atoms with E-state index in [-0.39, 0.29) is 6.04 Å². The van der Waals surface area contributed by atoms with Gasteiger partial charge in [-0.05, 0) is 42.3 Å². The number of rotatable bonds is 4. The van der Waals surface area contributed by atoms with Crippen LogP contribution in [-0.4, -0.2) is 37.8 Å². The van der Waals surface area contributed by atoms with Gasteiger partial charge in [0.15, 0.2) is 11.5 Å². The predicted octanol–water partition coefficient (Wildman–Crippen LogP) is 2.97. The molecule has 0 aromatic heterocycles. The third kappa shape index (κ3) is 2.92. The lowest BCUT2D eigenvalue weighted by Gasteiger charge is -2.38. The Morgan fingerprint density at radius 1 is 1.09 bits per heavy atom. The van der Waals surface area contributed by atoms with E-state index in [0.29, 0.717) is 5.75 Å². The Hall–Kier alpha value is -2.04. The summed E-state index contributed by atoms with van der Waals surface area (Å²) in [6.45, 7) is 0.900. The number of hydrogen-bond donors (Lipinski definition) is 1. The Labute approximate surface area is 137 Å². The zero-order valence-corrected chi connectivity index (χ0v) is 13.8. The Kier molecular flexibility index (Phi) is 4.55. The van der Waals surface area contributed by atoms with Crippen molar-refractivity contribution in [2.45, 2.75) is 18.6 Å². The molecule has 1 aliphatic rings. The van der Waals surface area contributed by atoms with Crippen molar-refractivity contribution in [2.75, 3.05) is 27.8 Å². The highest BCUT2D eigenvalue weighted by Gasteiger charge is 2.32. The molecule has 2 atom stereocenters. The van der Waals surface area contributed by atoms with E-state index in [1.54, 1.807) is 14.2 Å². The summed E-state index contributed by atoms with van der Waals surface area (Å²) in [6, 6.07) is 13.7. The molecule has 2 aromatic rings. The van der Waals surface area contributed by atoms with E-state index < -0.39 is 6.10 Å². The summed E-state index contributed by atoms with van der Waals surface area (Å²) in [4.78, 5) is 2.20. The van der Waals surface area contributed by atoms with E-state index in [1.807, 2.05) is 42.5 Å². The quantitative estimate of drug-likeness (QED) is 0.942. The number of nitrogens with zero attached hydrogens (tertiary/aromatic N) is 1. The SMILES string of the molecule is COc1cc2c(cc1OC)C(C(O)c1ccccc1)N(C)CC2. The Balaban J connectivity index is 2.05. The molecule has 122 valence electrons. The van der Waals surface area contributed by atoms with Crippen molar-refractivity contribution < 1.29 is 14.6 Å². The van der Waals surface area contributed by atoms with Crippen molar-refractivity contribution in [3.63, 3.8) is 0 Å². The van der Waals surface area contributed by atoms with Crippen molar-refractivity contribution in [2.24, 2.45) is 0 Å². The number of hydrogen-bond acceptors (Lipinski definition) is 4. The van der Waals surface area contributed by atoms with E-state index in [9.17, 15) is 5.11 Å². The number of fused-ring (bicyclic) bond motifs is 1. The molecule has 0 aliphatic carbocycles. The zero-order chi connectivity index (χ0) is 16.4. The average Bonchev–Trinajstić information content (AvgIpc) is 2.60. The summed E-state index contributed by atoms with van der Waals surface area (Å²) >= 11 is 0. The highest BCUT2D eigenvalue weighted by Crippen LogP contribution is 2.42. The summed E-state index contributed by atoms with van der Waals surface area (Å²) in [5, 5.41) is 10.9. The van der Waals surface area contributed by atoms with Crippen LogP contribution in [0.25, 0.3) is 0 Å². The van der Waals surface area contributed by atoms with Crippen molar-refractivity contribution in [1.82, 2.24) is 4.90 Å². The van der Waals surface area contributed by atoms with Gasteiger partial charge in [0.05, 0.1) is 26.4 Å². The number of methoxy groups -OCH3 is 2. The molecule has 2 unspecified atom stereocenters. The highest BCUT2D eigenvalue weighted by atomic mass is 16.5. The lowest BCUT2D eigenvalue weighted by atomic mass is 9.87. The molecule has 0 saturated carbocycles. The summed E-state index contributed by atoms with van der Waals surface area (Å²) < 4.78 is 10.9. The second-order valence-electron chi connectivity index (χ2n) is 5.94. The first-order chi connectivity index (χ1) is 11.2. The molecule has 0 amide bonds. The standard InChI is InChI=1S/C19H23NO3/c1-20-10-9-14-11-16(22-2)17(23-3)12-15(14)18(20)19(21)13-7-5-4-6-8-13/h4-8,11-12,18-19,21H,9-10H2,1-3H3. The number of ether oxygens (including phenoxy) is 2. The van der Waals surface area contributed by atoms with Crippen LogP contribution in [0.4, 0.5) is 0 Å². The normalized spacial score (nSPS) is 19.0. The van der Waals surface area contributed by atoms with Crippen LogP contribution in [0.3, 0.4) is 0 Å². The molecule has 0 fully saturated rings. The monoisotopic (exact) mass is 313 g/mol. The van der Waals surface area contributed by atoms with E-state index in [0.717, 1.165) is 29.8 Å². The van der Waals surface area contributed by atoms with Gasteiger partial charge < -0.3 is 14.6 Å². The minimum absolute atomic E-state index is 0.0963. The highest BCUT2D eigenvalue weighted by molar-refractivity contribution is 5.50. The van der Waals surface area contributed by atoms with E-state index >= 15 is 0 Å². The maximum absolute atomic E-state index is 10.9. The maximum atomic E-state index is 10.9. The first-order valence-electron chi connectivity index (χ1n) is 7.83. The Morgan fingerprint density at radius 3 is 2.39 bits per heavy atom. The first-order valence-corrected chi connectivity index (χ1v) is 7.83. The van der Waals surface area contributed by atoms with Gasteiger partial charge in [-0.25, -0.2) is 0 Å². The van der Waals surface area contributed by atoms with Gasteiger partial charge in [0.2, 0.25) is 0 Å². The summed E-state index contributed by atoms with van der Waals surface area (Å²) in [7, 11) is 5.34. The molecule has 4 heteroatoms. The minimum atomic E-state index is -0.585. The fourth-order valence-corrected chi connectivity index (χ4v) is 3.35. The third-order valence-electron chi connectivity index (χ3n) is 4.61. The third-order valence-corrected chi connectivity index (χ3v) is 4.61. The Morgan fingerprint density at radius 2 is 1.74 bits per heavy atom. The molecule has 0 spiro atoms. The van der Waals surface area contributed by atoms with Gasteiger partial charge in [0.1, 0.15) is 0 Å². The minimum Gasteiger partial charge on any atom is -0.493 e. The molecular weight excluding hydrogens is 290 g/mol. The van der Waals surface area contributed by atoms with Crippen LogP contribution in [0.5, 0.6) is 11.5 Å². The van der Waals surface area contributed by atoms with Gasteiger partial charge in [-0.1, -0.05) is 30.3 Å². The van der Waals surface area contributed by atoms with Crippen LogP contribution in [0, 0.1) is 0 Å². The van der Waals surface area contributed by atoms with Gasteiger partial charge in [0, 0.05) is 6.54 Å². The van der Waals surface area contributed by atoms with Crippen molar-refractivity contribution >= 4 is 0 Å². The van der Waals surface area contributed by atoms with Crippen LogP contribution in [0.15, 0.2) is 42.5 Å². The van der Waals surface area contributed by atoms with Crippen molar-refractivity contribution in [3.8, 4) is 11.5 Å². The Bertz CT molecular complexity index is 672. The number of benzene rings is 2. The topological polar surface area (TPSA) is 41.9 Å². The summed E-state index contributed by atoms with van der Waals surface area (Å²) in [5.74, 6) is 1.44. The number of aliphatic hydroxyl groups is 1. The van der Waals surface area contributed by atoms with Crippen molar-refractivity contribution in [1.29, 1.82) is 0 Å². The summed E-state index contributed by atoms with van der Waals surface area (Å²) in [6.07, 6.45) is 0.350. The van der Waals surface area contributed by atoms with Gasteiger partial charge in [-0.3, -0.25) is 4.90 Å². The van der Waals surface area contributed by atoms with Crippen LogP contribution < -0.4 is 9.47 Å². The second kappa shape index (κ2) is 6.60. The van der Waals surface area contributed by atoms with Gasteiger partial charge in [-0.2, -0.15) is 0 Å². The van der Waals surface area contributed by atoms with Crippen molar-refractivity contribution in [3.05, 3.63) is 59.2 Å². The smallest absolute Gasteiger partial charge is 0.161 e. The molecule has 0 saturated heterocycles. The molecule has 23 heavy (non-hydrogen) atoms. The lowest BCUT2D eigenvalue weighted by Crippen LogP contribution is -2.35. The molecule has 0 bridgehead atoms. The number of likely N-dealkylation sites (N-methyl/N-ethyl adjacent to an activating group) is 1. The molecule has 1 N–H and O–H groups in total. The van der Waals surface area contributed by atoms with E-state index in [4.69, 9.17) is 9.47 Å². The summed E-state index contributed by atoms with van der Waals surface area (Å²) in [5.41, 5.74) is 3.24. The fraction of sp³-hybridized carbons (Fsp3) is 0.368. The van der Waals surface area contributed by atoms with Gasteiger partial charge in [0.25, 0.3) is 0 Å². The van der Waals surface area contributed by atoms with Gasteiger partial charge in [-0.15, -0.1) is 0 Å². The molecule has 1 heterocycles. The lowest BCUT2D eigenvalue weighted by molar-refractivity contribution is 0.0558. The molecule has 1 aliphatic heterocycles. The molecule has 0 radical (unpaired) electrons. The molecule has 2 aromatic carbocycles. The van der Waals surface area contributed by atoms with Crippen LogP contribution in [-0.2, 0) is 6.42 Å². The van der Waals surface area contributed by atoms with Crippen LogP contribution in [0.2, 0.25) is 0 Å². The van der Waals surface area contributed by atoms with E-state index in [1.165, 1.54) is 5.56 Å². The first kappa shape index (κ1) is 15.8. The van der Waals surface area contributed by atoms with E-state index in [2.05, 4.69) is 11.9 Å². The number of aliphatic hydroxyl groups excluding tert-OH is 1. The van der Waals surface area contributed by atoms with Gasteiger partial charge >= 0.3 is 0 Å². The molecule has 4 nitrogen and oxygen atoms in total. The largest absolute Gasteiger partial charge is 0.493 e. The zero-order valence-electron chi connectivity index (χ0n) is 13.8. The molecular formula is C19H23NO3. The second-order valence-corrected chi connectivity index (χ2v) is 5.94.